The highest BCUT2D eigenvalue weighted by atomic mass is 32.2. The molecule has 0 bridgehead atoms. The lowest BCUT2D eigenvalue weighted by atomic mass is 10.1. The molecule has 1 atom stereocenters. The Hall–Kier alpha value is -1.34. The number of sulfone groups is 1. The molecule has 0 N–H and O–H groups in total. The van der Waals surface area contributed by atoms with E-state index in [0.717, 1.165) is 0 Å². The molecule has 0 aromatic heterocycles. The van der Waals surface area contributed by atoms with Crippen LogP contribution in [0.1, 0.15) is 18.5 Å². The number of halogens is 3. The highest BCUT2D eigenvalue weighted by molar-refractivity contribution is 7.94. The van der Waals surface area contributed by atoms with Crippen LogP contribution in [-0.2, 0) is 9.84 Å². The largest absolute Gasteiger partial charge is 0.410 e. The average Bonchev–Trinajstić information content (AvgIpc) is 2.35. The maximum atomic E-state index is 12.1. The Balaban J connectivity index is 3.30. The minimum atomic E-state index is -4.66. The molecular formula is C13H16F3NO2S. The molecule has 0 amide bonds. The van der Waals surface area contributed by atoms with Crippen LogP contribution < -0.4 is 0 Å². The molecule has 0 saturated heterocycles. The monoisotopic (exact) mass is 307 g/mol. The van der Waals surface area contributed by atoms with E-state index in [1.54, 1.807) is 38.1 Å². The quantitative estimate of drug-likeness (QED) is 0.857. The smallest absolute Gasteiger partial charge is 0.303 e. The first-order valence-corrected chi connectivity index (χ1v) is 7.35. The van der Waals surface area contributed by atoms with Crippen LogP contribution in [0.15, 0.2) is 40.6 Å². The van der Waals surface area contributed by atoms with E-state index in [0.29, 0.717) is 5.56 Å². The Morgan fingerprint density at radius 1 is 1.20 bits per heavy atom. The highest BCUT2D eigenvalue weighted by Crippen LogP contribution is 2.27. The molecule has 0 saturated carbocycles. The number of hydrogen-bond donors (Lipinski definition) is 0. The van der Waals surface area contributed by atoms with E-state index in [1.165, 1.54) is 12.1 Å². The predicted octanol–water partition coefficient (Wildman–Crippen LogP) is 3.16. The maximum absolute atomic E-state index is 12.1. The molecule has 0 fully saturated rings. The SMILES string of the molecule is C[C@@H](c1ccccc1S(=O)(=O)/C=C/C(F)(F)F)N(C)C. The summed E-state index contributed by atoms with van der Waals surface area (Å²) in [5, 5.41) is 0.203. The summed E-state index contributed by atoms with van der Waals surface area (Å²) in [6.45, 7) is 1.78. The second-order valence-electron chi connectivity index (χ2n) is 4.57. The summed E-state index contributed by atoms with van der Waals surface area (Å²) in [6, 6.07) is 5.81. The Morgan fingerprint density at radius 3 is 2.25 bits per heavy atom. The van der Waals surface area contributed by atoms with E-state index >= 15 is 0 Å². The summed E-state index contributed by atoms with van der Waals surface area (Å²) in [4.78, 5) is 1.67. The van der Waals surface area contributed by atoms with Crippen LogP contribution in [0.25, 0.3) is 0 Å². The number of hydrogen-bond acceptors (Lipinski definition) is 3. The van der Waals surface area contributed by atoms with E-state index in [2.05, 4.69) is 0 Å². The first kappa shape index (κ1) is 16.7. The van der Waals surface area contributed by atoms with E-state index in [4.69, 9.17) is 0 Å². The van der Waals surface area contributed by atoms with E-state index in [9.17, 15) is 21.6 Å². The Labute approximate surface area is 116 Å². The van der Waals surface area contributed by atoms with Crippen molar-refractivity contribution in [2.45, 2.75) is 24.0 Å². The molecule has 0 heterocycles. The first-order valence-electron chi connectivity index (χ1n) is 5.81. The Morgan fingerprint density at radius 2 is 1.75 bits per heavy atom. The lowest BCUT2D eigenvalue weighted by molar-refractivity contribution is -0.0797. The van der Waals surface area contributed by atoms with Gasteiger partial charge in [0.25, 0.3) is 0 Å². The van der Waals surface area contributed by atoms with Crippen LogP contribution in [0.2, 0.25) is 0 Å². The van der Waals surface area contributed by atoms with Crippen molar-refractivity contribution in [1.29, 1.82) is 0 Å². The number of alkyl halides is 3. The van der Waals surface area contributed by atoms with Gasteiger partial charge < -0.3 is 4.90 Å². The van der Waals surface area contributed by atoms with Gasteiger partial charge in [-0.3, -0.25) is 0 Å². The van der Waals surface area contributed by atoms with Crippen molar-refractivity contribution in [3.63, 3.8) is 0 Å². The summed E-state index contributed by atoms with van der Waals surface area (Å²) in [7, 11) is -0.603. The molecule has 0 aliphatic rings. The van der Waals surface area contributed by atoms with E-state index in [-0.39, 0.29) is 22.4 Å². The van der Waals surface area contributed by atoms with Crippen molar-refractivity contribution in [3.8, 4) is 0 Å². The van der Waals surface area contributed by atoms with Crippen LogP contribution in [0.5, 0.6) is 0 Å². The van der Waals surface area contributed by atoms with Gasteiger partial charge in [-0.25, -0.2) is 8.42 Å². The fourth-order valence-electron chi connectivity index (χ4n) is 1.60. The summed E-state index contributed by atoms with van der Waals surface area (Å²) < 4.78 is 60.4. The third-order valence-corrected chi connectivity index (χ3v) is 4.37. The second-order valence-corrected chi connectivity index (χ2v) is 6.37. The number of rotatable bonds is 4. The van der Waals surface area contributed by atoms with Gasteiger partial charge in [0.1, 0.15) is 0 Å². The van der Waals surface area contributed by atoms with Crippen molar-refractivity contribution in [1.82, 2.24) is 4.90 Å². The van der Waals surface area contributed by atoms with Gasteiger partial charge in [-0.05, 0) is 32.6 Å². The van der Waals surface area contributed by atoms with Crippen molar-refractivity contribution < 1.29 is 21.6 Å². The molecule has 0 spiro atoms. The van der Waals surface area contributed by atoms with E-state index < -0.39 is 16.0 Å². The van der Waals surface area contributed by atoms with Gasteiger partial charge in [0.05, 0.1) is 4.90 Å². The van der Waals surface area contributed by atoms with Crippen LogP contribution in [0, 0.1) is 0 Å². The predicted molar refractivity (Wildman–Crippen MR) is 70.9 cm³/mol. The summed E-state index contributed by atoms with van der Waals surface area (Å²) in [6.07, 6.45) is -4.92. The van der Waals surface area contributed by atoms with Crippen LogP contribution in [-0.4, -0.2) is 33.6 Å². The number of nitrogens with zero attached hydrogens (tertiary/aromatic N) is 1. The zero-order valence-corrected chi connectivity index (χ0v) is 12.2. The van der Waals surface area contributed by atoms with Gasteiger partial charge in [-0.1, -0.05) is 18.2 Å². The van der Waals surface area contributed by atoms with Crippen LogP contribution in [0.3, 0.4) is 0 Å². The van der Waals surface area contributed by atoms with E-state index in [1.807, 2.05) is 0 Å². The lowest BCUT2D eigenvalue weighted by Gasteiger charge is -2.22. The standard InChI is InChI=1S/C13H16F3NO2S/c1-10(17(2)3)11-6-4-5-7-12(11)20(18,19)9-8-13(14,15)16/h4-10H,1-3H3/b9-8+/t10-/m0/s1. The van der Waals surface area contributed by atoms with Crippen molar-refractivity contribution >= 4 is 9.84 Å². The number of benzene rings is 1. The van der Waals surface area contributed by atoms with Gasteiger partial charge in [0.15, 0.2) is 9.84 Å². The second kappa shape index (κ2) is 5.97. The molecule has 20 heavy (non-hydrogen) atoms. The molecule has 7 heteroatoms. The van der Waals surface area contributed by atoms with Gasteiger partial charge in [-0.15, -0.1) is 0 Å². The minimum Gasteiger partial charge on any atom is -0.303 e. The van der Waals surface area contributed by atoms with Gasteiger partial charge in [0, 0.05) is 17.5 Å². The van der Waals surface area contributed by atoms with Crippen LogP contribution in [0.4, 0.5) is 13.2 Å². The zero-order chi connectivity index (χ0) is 15.6. The fourth-order valence-corrected chi connectivity index (χ4v) is 2.92. The van der Waals surface area contributed by atoms with Gasteiger partial charge in [0.2, 0.25) is 0 Å². The molecule has 1 aromatic carbocycles. The number of allylic oxidation sites excluding steroid dienone is 1. The lowest BCUT2D eigenvalue weighted by Crippen LogP contribution is -2.19. The molecular weight excluding hydrogens is 291 g/mol. The van der Waals surface area contributed by atoms with Crippen LogP contribution >= 0.6 is 0 Å². The maximum Gasteiger partial charge on any atom is 0.410 e. The molecule has 0 aliphatic carbocycles. The topological polar surface area (TPSA) is 37.4 Å². The van der Waals surface area contributed by atoms with Gasteiger partial charge in [-0.2, -0.15) is 13.2 Å². The normalized spacial score (nSPS) is 14.9. The molecule has 0 unspecified atom stereocenters. The Bertz CT molecular complexity index is 592. The molecule has 3 nitrogen and oxygen atoms in total. The zero-order valence-electron chi connectivity index (χ0n) is 11.3. The van der Waals surface area contributed by atoms with Crippen molar-refractivity contribution in [2.24, 2.45) is 0 Å². The first-order chi connectivity index (χ1) is 9.04. The Kier molecular flexibility index (Phi) is 4.99. The molecule has 1 rings (SSSR count). The summed E-state index contributed by atoms with van der Waals surface area (Å²) >= 11 is 0. The fraction of sp³-hybridized carbons (Fsp3) is 0.385. The van der Waals surface area contributed by atoms with Gasteiger partial charge >= 0.3 is 6.18 Å². The summed E-state index contributed by atoms with van der Waals surface area (Å²) in [5.41, 5.74) is 0.462. The third-order valence-electron chi connectivity index (χ3n) is 2.89. The molecule has 0 radical (unpaired) electrons. The average molecular weight is 307 g/mol. The molecule has 0 aliphatic heterocycles. The van der Waals surface area contributed by atoms with Crippen molar-refractivity contribution in [2.75, 3.05) is 14.1 Å². The summed E-state index contributed by atoms with van der Waals surface area (Å²) in [5.74, 6) is 0. The van der Waals surface area contributed by atoms with Crippen molar-refractivity contribution in [3.05, 3.63) is 41.3 Å². The third kappa shape index (κ3) is 4.35. The molecule has 112 valence electrons. The molecule has 1 aromatic rings. The minimum absolute atomic E-state index is 0.110. The highest BCUT2D eigenvalue weighted by Gasteiger charge is 2.26.